The van der Waals surface area contributed by atoms with Crippen molar-refractivity contribution < 1.29 is 0 Å². The van der Waals surface area contributed by atoms with E-state index in [2.05, 4.69) is 9.97 Å². The third-order valence-electron chi connectivity index (χ3n) is 1.67. The summed E-state index contributed by atoms with van der Waals surface area (Å²) in [4.78, 5) is 8.41. The lowest BCUT2D eigenvalue weighted by molar-refractivity contribution is 1.15. The van der Waals surface area contributed by atoms with E-state index >= 15 is 0 Å². The molecule has 12 heavy (non-hydrogen) atoms. The summed E-state index contributed by atoms with van der Waals surface area (Å²) in [6.07, 6.45) is 5.61. The quantitative estimate of drug-likeness (QED) is 0.624. The van der Waals surface area contributed by atoms with Gasteiger partial charge in [-0.05, 0) is 18.4 Å². The third kappa shape index (κ3) is 1.28. The van der Waals surface area contributed by atoms with Crippen LogP contribution in [0.1, 0.15) is 0 Å². The summed E-state index contributed by atoms with van der Waals surface area (Å²) in [7, 11) is 0. The van der Waals surface area contributed by atoms with Gasteiger partial charge in [0.25, 0.3) is 0 Å². The highest BCUT2D eigenvalue weighted by Crippen LogP contribution is 2.16. The van der Waals surface area contributed by atoms with Crippen molar-refractivity contribution in [3.8, 4) is 0 Å². The maximum atomic E-state index is 4.23. The van der Waals surface area contributed by atoms with Crippen molar-refractivity contribution in [2.45, 2.75) is 5.03 Å². The first-order chi connectivity index (χ1) is 5.90. The summed E-state index contributed by atoms with van der Waals surface area (Å²) in [6.45, 7) is 0. The normalized spacial score (nSPS) is 10.4. The number of pyridine rings is 2. The Labute approximate surface area is 75.0 Å². The predicted molar refractivity (Wildman–Crippen MR) is 51.3 cm³/mol. The average molecular weight is 176 g/mol. The molecule has 0 aliphatic carbocycles. The number of hydrogen-bond acceptors (Lipinski definition) is 3. The van der Waals surface area contributed by atoms with Crippen LogP contribution in [0.3, 0.4) is 0 Å². The molecule has 2 rings (SSSR count). The van der Waals surface area contributed by atoms with E-state index in [1.54, 1.807) is 24.2 Å². The highest BCUT2D eigenvalue weighted by atomic mass is 32.2. The molecular formula is C9H8N2S. The number of fused-ring (bicyclic) bond motifs is 1. The molecule has 0 aromatic carbocycles. The number of thioether (sulfide) groups is 1. The summed E-state index contributed by atoms with van der Waals surface area (Å²) in [6, 6.07) is 6.03. The molecule has 2 aromatic rings. The molecule has 0 N–H and O–H groups in total. The van der Waals surface area contributed by atoms with E-state index in [0.717, 1.165) is 15.9 Å². The van der Waals surface area contributed by atoms with Crippen LogP contribution in [-0.4, -0.2) is 16.2 Å². The van der Waals surface area contributed by atoms with E-state index in [1.165, 1.54) is 0 Å². The zero-order valence-corrected chi connectivity index (χ0v) is 7.51. The maximum Gasteiger partial charge on any atom is 0.0964 e. The topological polar surface area (TPSA) is 25.8 Å². The van der Waals surface area contributed by atoms with Crippen molar-refractivity contribution in [2.75, 3.05) is 6.26 Å². The van der Waals surface area contributed by atoms with Crippen LogP contribution >= 0.6 is 11.8 Å². The van der Waals surface area contributed by atoms with Crippen molar-refractivity contribution in [3.05, 3.63) is 30.6 Å². The van der Waals surface area contributed by atoms with Gasteiger partial charge >= 0.3 is 0 Å². The van der Waals surface area contributed by atoms with Crippen molar-refractivity contribution in [3.63, 3.8) is 0 Å². The molecule has 0 aliphatic rings. The van der Waals surface area contributed by atoms with Gasteiger partial charge in [0, 0.05) is 11.6 Å². The molecule has 0 radical (unpaired) electrons. The van der Waals surface area contributed by atoms with Crippen molar-refractivity contribution in [2.24, 2.45) is 0 Å². The summed E-state index contributed by atoms with van der Waals surface area (Å²) in [5.74, 6) is 0. The van der Waals surface area contributed by atoms with Gasteiger partial charge in [-0.1, -0.05) is 6.07 Å². The molecule has 2 aromatic heterocycles. The zero-order valence-electron chi connectivity index (χ0n) is 6.69. The molecule has 0 atom stereocenters. The molecule has 0 spiro atoms. The molecule has 0 fully saturated rings. The SMILES string of the molecule is CSc1cc2cccnc2cn1. The Morgan fingerprint density at radius 2 is 2.25 bits per heavy atom. The number of hydrogen-bond donors (Lipinski definition) is 0. The highest BCUT2D eigenvalue weighted by Gasteiger charge is 1.95. The van der Waals surface area contributed by atoms with Crippen LogP contribution in [0.15, 0.2) is 35.6 Å². The van der Waals surface area contributed by atoms with E-state index in [0.29, 0.717) is 0 Å². The van der Waals surface area contributed by atoms with Gasteiger partial charge in [-0.25, -0.2) is 4.98 Å². The highest BCUT2D eigenvalue weighted by molar-refractivity contribution is 7.98. The van der Waals surface area contributed by atoms with E-state index < -0.39 is 0 Å². The first-order valence-electron chi connectivity index (χ1n) is 3.65. The Kier molecular flexibility index (Phi) is 1.96. The van der Waals surface area contributed by atoms with Gasteiger partial charge in [-0.2, -0.15) is 0 Å². The van der Waals surface area contributed by atoms with Gasteiger partial charge in [0.1, 0.15) is 0 Å². The largest absolute Gasteiger partial charge is 0.255 e. The van der Waals surface area contributed by atoms with Crippen LogP contribution in [0, 0.1) is 0 Å². The van der Waals surface area contributed by atoms with E-state index in [4.69, 9.17) is 0 Å². The molecule has 0 saturated heterocycles. The standard InChI is InChI=1S/C9H8N2S/c1-12-9-5-7-3-2-4-10-8(7)6-11-9/h2-6H,1H3. The van der Waals surface area contributed by atoms with Gasteiger partial charge in [0.2, 0.25) is 0 Å². The first-order valence-corrected chi connectivity index (χ1v) is 4.87. The second-order valence-corrected chi connectivity index (χ2v) is 3.25. The fourth-order valence-corrected chi connectivity index (χ4v) is 1.47. The first kappa shape index (κ1) is 7.55. The summed E-state index contributed by atoms with van der Waals surface area (Å²) in [5, 5.41) is 2.19. The fraction of sp³-hybridized carbons (Fsp3) is 0.111. The minimum Gasteiger partial charge on any atom is -0.255 e. The van der Waals surface area contributed by atoms with E-state index in [-0.39, 0.29) is 0 Å². The average Bonchev–Trinajstić information content (AvgIpc) is 2.17. The van der Waals surface area contributed by atoms with Gasteiger partial charge in [0.15, 0.2) is 0 Å². The summed E-state index contributed by atoms with van der Waals surface area (Å²) in [5.41, 5.74) is 0.954. The van der Waals surface area contributed by atoms with Crippen LogP contribution in [0.4, 0.5) is 0 Å². The monoisotopic (exact) mass is 176 g/mol. The van der Waals surface area contributed by atoms with E-state index in [1.807, 2.05) is 24.5 Å². The Bertz CT molecular complexity index is 400. The van der Waals surface area contributed by atoms with E-state index in [9.17, 15) is 0 Å². The minimum atomic E-state index is 0.954. The maximum absolute atomic E-state index is 4.23. The van der Waals surface area contributed by atoms with Crippen LogP contribution < -0.4 is 0 Å². The van der Waals surface area contributed by atoms with Gasteiger partial charge in [-0.3, -0.25) is 4.98 Å². The fourth-order valence-electron chi connectivity index (χ4n) is 1.07. The molecule has 2 nitrogen and oxygen atoms in total. The molecule has 0 unspecified atom stereocenters. The summed E-state index contributed by atoms with van der Waals surface area (Å²) >= 11 is 1.64. The second-order valence-electron chi connectivity index (χ2n) is 2.42. The third-order valence-corrected chi connectivity index (χ3v) is 2.31. The molecule has 0 saturated carbocycles. The molecule has 0 bridgehead atoms. The molecule has 3 heteroatoms. The van der Waals surface area contributed by atoms with Crippen LogP contribution in [0.5, 0.6) is 0 Å². The van der Waals surface area contributed by atoms with Crippen LogP contribution in [-0.2, 0) is 0 Å². The van der Waals surface area contributed by atoms with Crippen LogP contribution in [0.25, 0.3) is 10.9 Å². The van der Waals surface area contributed by atoms with Crippen LogP contribution in [0.2, 0.25) is 0 Å². The molecule has 0 aliphatic heterocycles. The lowest BCUT2D eigenvalue weighted by Crippen LogP contribution is -1.81. The number of aromatic nitrogens is 2. The smallest absolute Gasteiger partial charge is 0.0964 e. The number of nitrogens with zero attached hydrogens (tertiary/aromatic N) is 2. The Hall–Kier alpha value is -1.09. The second kappa shape index (κ2) is 3.11. The van der Waals surface area contributed by atoms with Gasteiger partial charge in [-0.15, -0.1) is 11.8 Å². The van der Waals surface area contributed by atoms with Crippen molar-refractivity contribution in [1.82, 2.24) is 9.97 Å². The Balaban J connectivity index is 2.67. The van der Waals surface area contributed by atoms with Gasteiger partial charge < -0.3 is 0 Å². The summed E-state index contributed by atoms with van der Waals surface area (Å²) < 4.78 is 0. The number of rotatable bonds is 1. The molecular weight excluding hydrogens is 168 g/mol. The molecule has 0 amide bonds. The lowest BCUT2D eigenvalue weighted by atomic mass is 10.3. The zero-order chi connectivity index (χ0) is 8.39. The van der Waals surface area contributed by atoms with Crippen molar-refractivity contribution >= 4 is 22.7 Å². The van der Waals surface area contributed by atoms with Gasteiger partial charge in [0.05, 0.1) is 16.7 Å². The van der Waals surface area contributed by atoms with Crippen molar-refractivity contribution in [1.29, 1.82) is 0 Å². The Morgan fingerprint density at radius 3 is 3.08 bits per heavy atom. The lowest BCUT2D eigenvalue weighted by Gasteiger charge is -1.97. The Morgan fingerprint density at radius 1 is 1.33 bits per heavy atom. The predicted octanol–water partition coefficient (Wildman–Crippen LogP) is 2.35. The molecule has 2 heterocycles. The molecule has 60 valence electrons. The minimum absolute atomic E-state index is 0.954.